The number of aromatic nitrogens is 3. The molecule has 2 aromatic heterocycles. The van der Waals surface area contributed by atoms with Gasteiger partial charge in [-0.2, -0.15) is 0 Å². The van der Waals surface area contributed by atoms with Gasteiger partial charge in [-0.1, -0.05) is 6.07 Å². The van der Waals surface area contributed by atoms with Gasteiger partial charge in [-0.05, 0) is 37.6 Å². The van der Waals surface area contributed by atoms with Crippen molar-refractivity contribution in [2.45, 2.75) is 38.6 Å². The zero-order chi connectivity index (χ0) is 25.0. The molecule has 3 aromatic rings. The third-order valence-electron chi connectivity index (χ3n) is 5.73. The Hall–Kier alpha value is -3.05. The predicted octanol–water partition coefficient (Wildman–Crippen LogP) is 1.47. The van der Waals surface area contributed by atoms with Crippen molar-refractivity contribution in [3.63, 3.8) is 0 Å². The summed E-state index contributed by atoms with van der Waals surface area (Å²) in [6.07, 6.45) is 0.718. The molecular weight excluding hydrogens is 440 g/mol. The van der Waals surface area contributed by atoms with E-state index in [2.05, 4.69) is 9.88 Å². The Balaban J connectivity index is 2.11. The standard InChI is InChI=1S/C24H32N4O6/c1-14-8-17(11-27(3)23(14)30)22-26-19-9-16(10-25-21(15(2)29)24(31)32)6-7-20(19)28(22)18(12-33-4)13-34-5/h6-9,11,15,18,21,25,29H,10,12-13H2,1-5H3,(H,31,32)/t15-,21+/m1/s1. The molecular formula is C24H32N4O6. The third-order valence-corrected chi connectivity index (χ3v) is 5.73. The Morgan fingerprint density at radius 1 is 1.21 bits per heavy atom. The van der Waals surface area contributed by atoms with Crippen LogP contribution in [0, 0.1) is 6.92 Å². The fourth-order valence-electron chi connectivity index (χ4n) is 4.10. The number of rotatable bonds is 11. The molecule has 3 rings (SSSR count). The first-order valence-electron chi connectivity index (χ1n) is 11.0. The Kier molecular flexibility index (Phi) is 8.21. The fraction of sp³-hybridized carbons (Fsp3) is 0.458. The number of ether oxygens (including phenoxy) is 2. The summed E-state index contributed by atoms with van der Waals surface area (Å²) >= 11 is 0. The maximum absolute atomic E-state index is 12.2. The number of carbonyl (C=O) groups is 1. The van der Waals surface area contributed by atoms with E-state index in [9.17, 15) is 19.8 Å². The molecule has 0 saturated heterocycles. The molecule has 184 valence electrons. The Morgan fingerprint density at radius 3 is 2.44 bits per heavy atom. The van der Waals surface area contributed by atoms with Crippen LogP contribution in [0.5, 0.6) is 0 Å². The minimum atomic E-state index is -1.12. The van der Waals surface area contributed by atoms with Gasteiger partial charge in [-0.3, -0.25) is 14.9 Å². The summed E-state index contributed by atoms with van der Waals surface area (Å²) in [6.45, 7) is 4.25. The van der Waals surface area contributed by atoms with Crippen LogP contribution in [-0.2, 0) is 27.9 Å². The molecule has 10 heteroatoms. The molecule has 3 N–H and O–H groups in total. The van der Waals surface area contributed by atoms with Gasteiger partial charge in [0.15, 0.2) is 0 Å². The lowest BCUT2D eigenvalue weighted by Gasteiger charge is -2.21. The second-order valence-electron chi connectivity index (χ2n) is 8.46. The molecule has 0 bridgehead atoms. The van der Waals surface area contributed by atoms with Crippen molar-refractivity contribution in [3.8, 4) is 11.4 Å². The molecule has 2 atom stereocenters. The molecule has 0 aliphatic rings. The number of nitrogens with one attached hydrogen (secondary N) is 1. The van der Waals surface area contributed by atoms with E-state index in [0.29, 0.717) is 30.1 Å². The summed E-state index contributed by atoms with van der Waals surface area (Å²) in [5, 5.41) is 21.9. The number of aliphatic hydroxyl groups is 1. The number of methoxy groups -OCH3 is 2. The van der Waals surface area contributed by atoms with E-state index in [0.717, 1.165) is 16.6 Å². The van der Waals surface area contributed by atoms with Crippen molar-refractivity contribution in [2.24, 2.45) is 7.05 Å². The van der Waals surface area contributed by atoms with E-state index in [4.69, 9.17) is 14.5 Å². The SMILES string of the molecule is COCC(COC)n1c(-c2cc(C)c(=O)n(C)c2)nc2cc(CN[C@H](C(=O)O)[C@@H](C)O)ccc21. The fourth-order valence-corrected chi connectivity index (χ4v) is 4.10. The molecule has 0 unspecified atom stereocenters. The van der Waals surface area contributed by atoms with Crippen molar-refractivity contribution < 1.29 is 24.5 Å². The maximum Gasteiger partial charge on any atom is 0.323 e. The molecule has 0 amide bonds. The normalized spacial score (nSPS) is 13.5. The van der Waals surface area contributed by atoms with Crippen LogP contribution in [0.25, 0.3) is 22.4 Å². The van der Waals surface area contributed by atoms with E-state index in [1.165, 1.54) is 11.5 Å². The average molecular weight is 473 g/mol. The van der Waals surface area contributed by atoms with Gasteiger partial charge < -0.3 is 28.8 Å². The van der Waals surface area contributed by atoms with Gasteiger partial charge in [0.2, 0.25) is 0 Å². The van der Waals surface area contributed by atoms with Crippen LogP contribution in [0.1, 0.15) is 24.1 Å². The number of carboxylic acids is 1. The number of imidazole rings is 1. The highest BCUT2D eigenvalue weighted by Crippen LogP contribution is 2.29. The van der Waals surface area contributed by atoms with Crippen molar-refractivity contribution in [1.29, 1.82) is 0 Å². The number of benzene rings is 1. The highest BCUT2D eigenvalue weighted by atomic mass is 16.5. The molecule has 0 saturated carbocycles. The molecule has 1 aromatic carbocycles. The first kappa shape index (κ1) is 25.6. The minimum Gasteiger partial charge on any atom is -0.480 e. The molecule has 2 heterocycles. The number of hydrogen-bond donors (Lipinski definition) is 3. The van der Waals surface area contributed by atoms with E-state index in [1.54, 1.807) is 34.4 Å². The summed E-state index contributed by atoms with van der Waals surface area (Å²) in [5.74, 6) is -0.444. The third kappa shape index (κ3) is 5.36. The number of aryl methyl sites for hydroxylation is 2. The smallest absolute Gasteiger partial charge is 0.323 e. The summed E-state index contributed by atoms with van der Waals surface area (Å²) < 4.78 is 14.5. The van der Waals surface area contributed by atoms with Gasteiger partial charge in [0.25, 0.3) is 5.56 Å². The zero-order valence-corrected chi connectivity index (χ0v) is 20.1. The van der Waals surface area contributed by atoms with Crippen LogP contribution in [-0.4, -0.2) is 69.9 Å². The number of pyridine rings is 1. The Bertz CT molecular complexity index is 1180. The highest BCUT2D eigenvalue weighted by Gasteiger charge is 2.24. The number of hydrogen-bond acceptors (Lipinski definition) is 7. The second-order valence-corrected chi connectivity index (χ2v) is 8.46. The molecule has 0 radical (unpaired) electrons. The van der Waals surface area contributed by atoms with Crippen molar-refractivity contribution in [2.75, 3.05) is 27.4 Å². The quantitative estimate of drug-likeness (QED) is 0.383. The van der Waals surface area contributed by atoms with E-state index in [-0.39, 0.29) is 18.1 Å². The van der Waals surface area contributed by atoms with Crippen LogP contribution in [0.4, 0.5) is 0 Å². The van der Waals surface area contributed by atoms with Gasteiger partial charge in [0.1, 0.15) is 11.9 Å². The lowest BCUT2D eigenvalue weighted by Crippen LogP contribution is -2.44. The lowest BCUT2D eigenvalue weighted by molar-refractivity contribution is -0.142. The van der Waals surface area contributed by atoms with Gasteiger partial charge in [0, 0.05) is 45.1 Å². The molecule has 0 fully saturated rings. The number of aliphatic carboxylic acids is 1. The monoisotopic (exact) mass is 472 g/mol. The van der Waals surface area contributed by atoms with Crippen LogP contribution in [0.2, 0.25) is 0 Å². The van der Waals surface area contributed by atoms with E-state index in [1.807, 2.05) is 24.3 Å². The van der Waals surface area contributed by atoms with E-state index >= 15 is 0 Å². The van der Waals surface area contributed by atoms with Crippen LogP contribution in [0.15, 0.2) is 35.3 Å². The van der Waals surface area contributed by atoms with Crippen LogP contribution >= 0.6 is 0 Å². The number of carboxylic acid groups (broad SMARTS) is 1. The Morgan fingerprint density at radius 2 is 1.88 bits per heavy atom. The molecule has 0 spiro atoms. The Labute approximate surface area is 197 Å². The van der Waals surface area contributed by atoms with Gasteiger partial charge in [0.05, 0.1) is 36.4 Å². The summed E-state index contributed by atoms with van der Waals surface area (Å²) in [7, 11) is 4.96. The van der Waals surface area contributed by atoms with Crippen molar-refractivity contribution in [3.05, 3.63) is 51.9 Å². The average Bonchev–Trinajstić information content (AvgIpc) is 3.15. The molecule has 34 heavy (non-hydrogen) atoms. The molecule has 0 aliphatic heterocycles. The first-order chi connectivity index (χ1) is 16.2. The van der Waals surface area contributed by atoms with Crippen LogP contribution < -0.4 is 10.9 Å². The van der Waals surface area contributed by atoms with Gasteiger partial charge >= 0.3 is 5.97 Å². The number of aliphatic hydroxyl groups excluding tert-OH is 1. The summed E-state index contributed by atoms with van der Waals surface area (Å²) in [5.41, 5.74) is 3.71. The molecule has 10 nitrogen and oxygen atoms in total. The molecule has 0 aliphatic carbocycles. The van der Waals surface area contributed by atoms with Crippen molar-refractivity contribution in [1.82, 2.24) is 19.4 Å². The first-order valence-corrected chi connectivity index (χ1v) is 11.0. The second kappa shape index (κ2) is 10.9. The number of nitrogens with zero attached hydrogens (tertiary/aromatic N) is 3. The minimum absolute atomic E-state index is 0.0730. The highest BCUT2D eigenvalue weighted by molar-refractivity contribution is 5.81. The predicted molar refractivity (Wildman–Crippen MR) is 128 cm³/mol. The van der Waals surface area contributed by atoms with Gasteiger partial charge in [-0.15, -0.1) is 0 Å². The topological polar surface area (TPSA) is 128 Å². The lowest BCUT2D eigenvalue weighted by atomic mass is 10.1. The number of fused-ring (bicyclic) bond motifs is 1. The summed E-state index contributed by atoms with van der Waals surface area (Å²) in [6, 6.07) is 6.27. The van der Waals surface area contributed by atoms with Gasteiger partial charge in [-0.25, -0.2) is 4.98 Å². The van der Waals surface area contributed by atoms with E-state index < -0.39 is 18.1 Å². The van der Waals surface area contributed by atoms with Crippen molar-refractivity contribution >= 4 is 17.0 Å². The zero-order valence-electron chi connectivity index (χ0n) is 20.1. The largest absolute Gasteiger partial charge is 0.480 e. The summed E-state index contributed by atoms with van der Waals surface area (Å²) in [4.78, 5) is 28.5. The van der Waals surface area contributed by atoms with Crippen LogP contribution in [0.3, 0.4) is 0 Å². The maximum atomic E-state index is 12.2.